The van der Waals surface area contributed by atoms with Crippen LogP contribution in [0.4, 0.5) is 11.4 Å². The molecule has 2 N–H and O–H groups in total. The van der Waals surface area contributed by atoms with Crippen LogP contribution in [0.5, 0.6) is 0 Å². The van der Waals surface area contributed by atoms with Gasteiger partial charge in [-0.2, -0.15) is 0 Å². The zero-order valence-corrected chi connectivity index (χ0v) is 18.7. The van der Waals surface area contributed by atoms with Crippen molar-refractivity contribution in [3.8, 4) is 0 Å². The van der Waals surface area contributed by atoms with Crippen molar-refractivity contribution < 1.29 is 15.0 Å². The van der Waals surface area contributed by atoms with Gasteiger partial charge in [0.25, 0.3) is 0 Å². The first-order valence-corrected chi connectivity index (χ1v) is 9.98. The summed E-state index contributed by atoms with van der Waals surface area (Å²) in [4.78, 5) is 16.3. The molecule has 1 unspecified atom stereocenters. The Morgan fingerprint density at radius 2 is 1.34 bits per heavy atom. The van der Waals surface area contributed by atoms with Crippen molar-refractivity contribution in [1.29, 1.82) is 0 Å². The molecule has 2 aromatic carbocycles. The van der Waals surface area contributed by atoms with Crippen LogP contribution in [0.3, 0.4) is 0 Å². The molecule has 29 heavy (non-hydrogen) atoms. The number of hydrogen-bond acceptors (Lipinski definition) is 4. The van der Waals surface area contributed by atoms with E-state index in [1.807, 2.05) is 0 Å². The van der Waals surface area contributed by atoms with Crippen molar-refractivity contribution in [2.45, 2.75) is 54.5 Å². The summed E-state index contributed by atoms with van der Waals surface area (Å²) in [7, 11) is 0. The third-order valence-corrected chi connectivity index (χ3v) is 5.55. The van der Waals surface area contributed by atoms with Crippen molar-refractivity contribution in [1.82, 2.24) is 0 Å². The van der Waals surface area contributed by atoms with E-state index in [1.165, 1.54) is 51.7 Å². The molecule has 158 valence electrons. The molecule has 1 atom stereocenters. The quantitative estimate of drug-likeness (QED) is 0.732. The summed E-state index contributed by atoms with van der Waals surface area (Å²) in [6.45, 7) is 16.5. The van der Waals surface area contributed by atoms with Crippen LogP contribution in [0.25, 0.3) is 0 Å². The molecular weight excluding hydrogens is 364 g/mol. The van der Waals surface area contributed by atoms with Crippen LogP contribution < -0.4 is 9.80 Å². The topological polar surface area (TPSA) is 64.3 Å². The molecule has 2 aromatic rings. The van der Waals surface area contributed by atoms with Crippen LogP contribution in [0.2, 0.25) is 0 Å². The Labute approximate surface area is 174 Å². The number of hydrogen-bond donors (Lipinski definition) is 0. The van der Waals surface area contributed by atoms with Crippen molar-refractivity contribution in [2.24, 2.45) is 0 Å². The zero-order chi connectivity index (χ0) is 20.6. The Balaban J connectivity index is 0.00000300. The van der Waals surface area contributed by atoms with Crippen LogP contribution in [-0.2, 0) is 9.53 Å². The molecule has 1 saturated heterocycles. The lowest BCUT2D eigenvalue weighted by atomic mass is 10.0. The van der Waals surface area contributed by atoms with Gasteiger partial charge in [-0.15, -0.1) is 0 Å². The molecule has 1 fully saturated rings. The van der Waals surface area contributed by atoms with Crippen LogP contribution in [0.1, 0.15) is 40.3 Å². The lowest BCUT2D eigenvalue weighted by Crippen LogP contribution is -2.36. The van der Waals surface area contributed by atoms with Gasteiger partial charge in [-0.1, -0.05) is 35.4 Å². The van der Waals surface area contributed by atoms with Crippen molar-refractivity contribution in [2.75, 3.05) is 29.6 Å². The first-order chi connectivity index (χ1) is 13.2. The highest BCUT2D eigenvalue weighted by Crippen LogP contribution is 2.35. The SMILES string of the molecule is CC(=O)OCC1CN(c2c(C)cc(C)cc2C)CN1c1c(C)cc(C)cc1C.O. The molecule has 0 amide bonds. The number of esters is 1. The van der Waals surface area contributed by atoms with Crippen LogP contribution >= 0.6 is 0 Å². The van der Waals surface area contributed by atoms with Crippen molar-refractivity contribution in [3.63, 3.8) is 0 Å². The number of ether oxygens (including phenoxy) is 1. The van der Waals surface area contributed by atoms with E-state index in [9.17, 15) is 4.79 Å². The summed E-state index contributed by atoms with van der Waals surface area (Å²) in [6.07, 6.45) is 0. The summed E-state index contributed by atoms with van der Waals surface area (Å²) >= 11 is 0. The molecule has 3 rings (SSSR count). The number of rotatable bonds is 4. The molecule has 5 nitrogen and oxygen atoms in total. The molecule has 0 aromatic heterocycles. The van der Waals surface area contributed by atoms with E-state index in [2.05, 4.69) is 75.6 Å². The van der Waals surface area contributed by atoms with E-state index in [4.69, 9.17) is 4.74 Å². The van der Waals surface area contributed by atoms with Gasteiger partial charge >= 0.3 is 5.97 Å². The minimum Gasteiger partial charge on any atom is -0.464 e. The molecule has 1 aliphatic heterocycles. The lowest BCUT2D eigenvalue weighted by molar-refractivity contribution is -0.141. The monoisotopic (exact) mass is 398 g/mol. The van der Waals surface area contributed by atoms with Gasteiger partial charge in [-0.25, -0.2) is 0 Å². The highest BCUT2D eigenvalue weighted by molar-refractivity contribution is 5.68. The minimum atomic E-state index is -0.224. The van der Waals surface area contributed by atoms with E-state index in [1.54, 1.807) is 0 Å². The summed E-state index contributed by atoms with van der Waals surface area (Å²) in [5.41, 5.74) is 10.2. The Bertz CT molecular complexity index is 861. The van der Waals surface area contributed by atoms with Gasteiger partial charge in [0.2, 0.25) is 0 Å². The predicted molar refractivity (Wildman–Crippen MR) is 120 cm³/mol. The predicted octanol–water partition coefficient (Wildman–Crippen LogP) is 3.93. The third kappa shape index (κ3) is 4.73. The Kier molecular flexibility index (Phi) is 6.96. The van der Waals surface area contributed by atoms with Gasteiger partial charge in [0.1, 0.15) is 6.61 Å². The van der Waals surface area contributed by atoms with Crippen molar-refractivity contribution in [3.05, 3.63) is 57.6 Å². The maximum absolute atomic E-state index is 11.5. The second-order valence-corrected chi connectivity index (χ2v) is 8.28. The molecule has 0 saturated carbocycles. The Hall–Kier alpha value is -2.53. The molecule has 5 heteroatoms. The van der Waals surface area contributed by atoms with Gasteiger partial charge in [-0.3, -0.25) is 4.79 Å². The van der Waals surface area contributed by atoms with Gasteiger partial charge in [0, 0.05) is 24.8 Å². The van der Waals surface area contributed by atoms with Gasteiger partial charge in [0.05, 0.1) is 12.7 Å². The van der Waals surface area contributed by atoms with Crippen LogP contribution in [0, 0.1) is 41.5 Å². The smallest absolute Gasteiger partial charge is 0.302 e. The number of carbonyl (C=O) groups is 1. The number of anilines is 2. The molecule has 0 bridgehead atoms. The number of aryl methyl sites for hydroxylation is 6. The third-order valence-electron chi connectivity index (χ3n) is 5.55. The molecule has 1 aliphatic rings. The van der Waals surface area contributed by atoms with E-state index in [0.717, 1.165) is 13.2 Å². The summed E-state index contributed by atoms with van der Waals surface area (Å²) in [6, 6.07) is 9.08. The molecule has 0 radical (unpaired) electrons. The highest BCUT2D eigenvalue weighted by Gasteiger charge is 2.34. The van der Waals surface area contributed by atoms with Gasteiger partial charge in [-0.05, 0) is 63.8 Å². The molecule has 1 heterocycles. The number of benzene rings is 2. The standard InChI is InChI=1S/C24H32N2O2.H2O/c1-15-8-17(3)23(18(4)9-15)25-12-22(13-28-21(7)27)26(14-25)24-19(5)10-16(2)11-20(24)6;/h8-11,22H,12-14H2,1-7H3;1H2. The second kappa shape index (κ2) is 8.87. The fourth-order valence-corrected chi connectivity index (χ4v) is 4.78. The summed E-state index contributed by atoms with van der Waals surface area (Å²) < 4.78 is 5.44. The molecule has 0 spiro atoms. The van der Waals surface area contributed by atoms with E-state index >= 15 is 0 Å². The lowest BCUT2D eigenvalue weighted by Gasteiger charge is -2.29. The van der Waals surface area contributed by atoms with E-state index in [-0.39, 0.29) is 17.5 Å². The average molecular weight is 399 g/mol. The van der Waals surface area contributed by atoms with E-state index < -0.39 is 0 Å². The largest absolute Gasteiger partial charge is 0.464 e. The molecular formula is C24H34N2O3. The summed E-state index contributed by atoms with van der Waals surface area (Å²) in [5, 5.41) is 0. The van der Waals surface area contributed by atoms with Crippen LogP contribution in [0.15, 0.2) is 24.3 Å². The number of carbonyl (C=O) groups excluding carboxylic acids is 1. The van der Waals surface area contributed by atoms with E-state index in [0.29, 0.717) is 6.61 Å². The zero-order valence-electron chi connectivity index (χ0n) is 18.7. The Morgan fingerprint density at radius 3 is 1.79 bits per heavy atom. The van der Waals surface area contributed by atoms with Crippen molar-refractivity contribution >= 4 is 17.3 Å². The van der Waals surface area contributed by atoms with Gasteiger partial charge in [0.15, 0.2) is 0 Å². The fourth-order valence-electron chi connectivity index (χ4n) is 4.78. The first-order valence-electron chi connectivity index (χ1n) is 9.98. The van der Waals surface area contributed by atoms with Gasteiger partial charge < -0.3 is 20.0 Å². The first kappa shape index (κ1) is 22.8. The normalized spacial score (nSPS) is 16.0. The van der Waals surface area contributed by atoms with Crippen LogP contribution in [-0.4, -0.2) is 37.3 Å². The molecule has 0 aliphatic carbocycles. The summed E-state index contributed by atoms with van der Waals surface area (Å²) in [5.74, 6) is -0.224. The number of nitrogens with zero attached hydrogens (tertiary/aromatic N) is 2. The highest BCUT2D eigenvalue weighted by atomic mass is 16.5. The maximum Gasteiger partial charge on any atom is 0.302 e. The fraction of sp³-hybridized carbons (Fsp3) is 0.458. The minimum absolute atomic E-state index is 0. The Morgan fingerprint density at radius 1 is 0.897 bits per heavy atom. The maximum atomic E-state index is 11.5. The average Bonchev–Trinajstić information content (AvgIpc) is 2.94. The second-order valence-electron chi connectivity index (χ2n) is 8.28.